The Kier molecular flexibility index (Phi) is 2.24. The van der Waals surface area contributed by atoms with E-state index in [1.165, 1.54) is 0 Å². The number of hydrogen-bond donors (Lipinski definition) is 2. The molecule has 0 saturated heterocycles. The Morgan fingerprint density at radius 2 is 2.27 bits per heavy atom. The van der Waals surface area contributed by atoms with Crippen LogP contribution in [0.15, 0.2) is 0 Å². The van der Waals surface area contributed by atoms with Crippen molar-refractivity contribution in [2.75, 3.05) is 0 Å². The molecule has 1 rings (SSSR count). The highest BCUT2D eigenvalue weighted by molar-refractivity contribution is 5.88. The van der Waals surface area contributed by atoms with Crippen molar-refractivity contribution in [1.82, 2.24) is 0 Å². The summed E-state index contributed by atoms with van der Waals surface area (Å²) in [5.74, 6) is -2.09. The second-order valence-corrected chi connectivity index (χ2v) is 2.75. The van der Waals surface area contributed by atoms with Gasteiger partial charge in [0.05, 0.1) is 5.92 Å². The Hall–Kier alpha value is -0.900. The number of carbonyl (C=O) groups excluding carboxylic acids is 1. The maximum atomic E-state index is 10.9. The number of aliphatic carboxylic acids is 1. The van der Waals surface area contributed by atoms with E-state index in [-0.39, 0.29) is 5.78 Å². The molecule has 4 nitrogen and oxygen atoms in total. The summed E-state index contributed by atoms with van der Waals surface area (Å²) < 4.78 is 0. The van der Waals surface area contributed by atoms with Gasteiger partial charge in [0.15, 0.2) is 6.10 Å². The number of rotatable bonds is 2. The average Bonchev–Trinajstić information content (AvgIpc) is 2.33. The summed E-state index contributed by atoms with van der Waals surface area (Å²) in [4.78, 5) is 21.1. The van der Waals surface area contributed by atoms with E-state index in [9.17, 15) is 9.59 Å². The molecule has 0 aromatic carbocycles. The zero-order valence-electron chi connectivity index (χ0n) is 5.99. The Bertz CT molecular complexity index is 187. The van der Waals surface area contributed by atoms with Gasteiger partial charge in [-0.1, -0.05) is 0 Å². The lowest BCUT2D eigenvalue weighted by Crippen LogP contribution is -2.31. The van der Waals surface area contributed by atoms with Crippen LogP contribution in [0, 0.1) is 5.92 Å². The standard InChI is InChI=1S/C7H10O4/c8-5-3-1-2-4(5)6(9)7(10)11/h4,6,9H,1-3H2,(H,10,11). The van der Waals surface area contributed by atoms with Crippen LogP contribution in [-0.2, 0) is 9.59 Å². The lowest BCUT2D eigenvalue weighted by Gasteiger charge is -2.10. The number of aliphatic hydroxyl groups is 1. The van der Waals surface area contributed by atoms with Gasteiger partial charge in [0, 0.05) is 6.42 Å². The van der Waals surface area contributed by atoms with Gasteiger partial charge in [0.25, 0.3) is 0 Å². The molecule has 4 heteroatoms. The maximum absolute atomic E-state index is 10.9. The number of aliphatic hydroxyl groups excluding tert-OH is 1. The van der Waals surface area contributed by atoms with Crippen LogP contribution in [0.3, 0.4) is 0 Å². The third kappa shape index (κ3) is 1.57. The van der Waals surface area contributed by atoms with Crippen LogP contribution >= 0.6 is 0 Å². The highest BCUT2D eigenvalue weighted by Gasteiger charge is 2.34. The number of hydrogen-bond acceptors (Lipinski definition) is 3. The van der Waals surface area contributed by atoms with Crippen molar-refractivity contribution in [3.05, 3.63) is 0 Å². The molecule has 1 fully saturated rings. The van der Waals surface area contributed by atoms with Crippen molar-refractivity contribution in [2.45, 2.75) is 25.4 Å². The minimum Gasteiger partial charge on any atom is -0.479 e. The van der Waals surface area contributed by atoms with Gasteiger partial charge in [-0.2, -0.15) is 0 Å². The smallest absolute Gasteiger partial charge is 0.333 e. The lowest BCUT2D eigenvalue weighted by atomic mass is 10.0. The topological polar surface area (TPSA) is 74.6 Å². The van der Waals surface area contributed by atoms with Gasteiger partial charge in [-0.15, -0.1) is 0 Å². The number of ketones is 1. The minimum absolute atomic E-state index is 0.125. The summed E-state index contributed by atoms with van der Waals surface area (Å²) in [6, 6.07) is 0. The van der Waals surface area contributed by atoms with E-state index in [0.717, 1.165) is 0 Å². The molecule has 0 spiro atoms. The molecular weight excluding hydrogens is 148 g/mol. The Balaban J connectivity index is 2.59. The zero-order chi connectivity index (χ0) is 8.43. The van der Waals surface area contributed by atoms with E-state index in [2.05, 4.69) is 0 Å². The molecule has 1 aliphatic carbocycles. The third-order valence-corrected chi connectivity index (χ3v) is 1.99. The Morgan fingerprint density at radius 3 is 2.64 bits per heavy atom. The summed E-state index contributed by atoms with van der Waals surface area (Å²) >= 11 is 0. The van der Waals surface area contributed by atoms with Gasteiger partial charge in [0.2, 0.25) is 0 Å². The van der Waals surface area contributed by atoms with Gasteiger partial charge in [-0.25, -0.2) is 4.79 Å². The fraction of sp³-hybridized carbons (Fsp3) is 0.714. The normalized spacial score (nSPS) is 27.0. The molecule has 2 atom stereocenters. The second kappa shape index (κ2) is 3.00. The van der Waals surface area contributed by atoms with E-state index < -0.39 is 18.0 Å². The molecular formula is C7H10O4. The van der Waals surface area contributed by atoms with E-state index >= 15 is 0 Å². The lowest BCUT2D eigenvalue weighted by molar-refractivity contribution is -0.152. The van der Waals surface area contributed by atoms with Crippen LogP contribution in [0.2, 0.25) is 0 Å². The summed E-state index contributed by atoms with van der Waals surface area (Å²) in [6.45, 7) is 0. The largest absolute Gasteiger partial charge is 0.479 e. The number of carboxylic acids is 1. The predicted octanol–water partition coefficient (Wildman–Crippen LogP) is -0.199. The highest BCUT2D eigenvalue weighted by Crippen LogP contribution is 2.24. The zero-order valence-corrected chi connectivity index (χ0v) is 5.99. The Morgan fingerprint density at radius 1 is 1.64 bits per heavy atom. The molecule has 0 aromatic rings. The molecule has 0 amide bonds. The third-order valence-electron chi connectivity index (χ3n) is 1.99. The van der Waals surface area contributed by atoms with Crippen LogP contribution in [0.5, 0.6) is 0 Å². The predicted molar refractivity (Wildman–Crippen MR) is 36.0 cm³/mol. The van der Waals surface area contributed by atoms with Gasteiger partial charge < -0.3 is 10.2 Å². The van der Waals surface area contributed by atoms with Crippen LogP contribution in [0.1, 0.15) is 19.3 Å². The summed E-state index contributed by atoms with van der Waals surface area (Å²) in [5.41, 5.74) is 0. The average molecular weight is 158 g/mol. The first-order chi connectivity index (χ1) is 5.13. The van der Waals surface area contributed by atoms with E-state index in [1.54, 1.807) is 0 Å². The van der Waals surface area contributed by atoms with Gasteiger partial charge in [-0.05, 0) is 12.8 Å². The summed E-state index contributed by atoms with van der Waals surface area (Å²) in [7, 11) is 0. The second-order valence-electron chi connectivity index (χ2n) is 2.75. The first-order valence-corrected chi connectivity index (χ1v) is 3.56. The van der Waals surface area contributed by atoms with Gasteiger partial charge in [-0.3, -0.25) is 4.79 Å². The van der Waals surface area contributed by atoms with Gasteiger partial charge in [0.1, 0.15) is 5.78 Å². The summed E-state index contributed by atoms with van der Waals surface area (Å²) in [6.07, 6.45) is 0.125. The van der Waals surface area contributed by atoms with Crippen LogP contribution in [-0.4, -0.2) is 28.1 Å². The van der Waals surface area contributed by atoms with Crippen LogP contribution < -0.4 is 0 Å². The fourth-order valence-electron chi connectivity index (χ4n) is 1.35. The highest BCUT2D eigenvalue weighted by atomic mass is 16.4. The molecule has 0 aromatic heterocycles. The quantitative estimate of drug-likeness (QED) is 0.583. The van der Waals surface area contributed by atoms with E-state index in [4.69, 9.17) is 10.2 Å². The van der Waals surface area contributed by atoms with Crippen LogP contribution in [0.4, 0.5) is 0 Å². The van der Waals surface area contributed by atoms with Crippen molar-refractivity contribution in [1.29, 1.82) is 0 Å². The van der Waals surface area contributed by atoms with E-state index in [1.807, 2.05) is 0 Å². The van der Waals surface area contributed by atoms with Crippen LogP contribution in [0.25, 0.3) is 0 Å². The van der Waals surface area contributed by atoms with E-state index in [0.29, 0.717) is 19.3 Å². The molecule has 1 saturated carbocycles. The first kappa shape index (κ1) is 8.20. The molecule has 2 N–H and O–H groups in total. The van der Waals surface area contributed by atoms with Crippen molar-refractivity contribution < 1.29 is 19.8 Å². The molecule has 2 unspecified atom stereocenters. The van der Waals surface area contributed by atoms with Crippen molar-refractivity contribution >= 4 is 11.8 Å². The Labute approximate surface area is 63.8 Å². The van der Waals surface area contributed by atoms with Crippen molar-refractivity contribution in [2.24, 2.45) is 5.92 Å². The maximum Gasteiger partial charge on any atom is 0.333 e. The monoisotopic (exact) mass is 158 g/mol. The molecule has 0 bridgehead atoms. The first-order valence-electron chi connectivity index (χ1n) is 3.56. The molecule has 1 aliphatic rings. The molecule has 62 valence electrons. The number of Topliss-reactive ketones (excluding diaryl/α,β-unsaturated/α-hetero) is 1. The van der Waals surface area contributed by atoms with Gasteiger partial charge >= 0.3 is 5.97 Å². The SMILES string of the molecule is O=C(O)C(O)C1CCCC1=O. The number of carboxylic acid groups (broad SMARTS) is 1. The minimum atomic E-state index is -1.50. The molecule has 0 heterocycles. The fourth-order valence-corrected chi connectivity index (χ4v) is 1.35. The molecule has 0 radical (unpaired) electrons. The molecule has 0 aliphatic heterocycles. The molecule has 11 heavy (non-hydrogen) atoms. The summed E-state index contributed by atoms with van der Waals surface area (Å²) in [5, 5.41) is 17.3. The number of carbonyl (C=O) groups is 2. The van der Waals surface area contributed by atoms with Crippen molar-refractivity contribution in [3.8, 4) is 0 Å². The van der Waals surface area contributed by atoms with Crippen molar-refractivity contribution in [3.63, 3.8) is 0 Å².